The molecule has 0 spiro atoms. The number of ether oxygens (including phenoxy) is 1. The van der Waals surface area contributed by atoms with E-state index in [1.807, 2.05) is 26.0 Å². The Balaban J connectivity index is 1.73. The summed E-state index contributed by atoms with van der Waals surface area (Å²) in [5.74, 6) is -1.25. The molecule has 0 aliphatic heterocycles. The van der Waals surface area contributed by atoms with Crippen molar-refractivity contribution < 1.29 is 13.5 Å². The van der Waals surface area contributed by atoms with Crippen molar-refractivity contribution in [1.82, 2.24) is 9.55 Å². The van der Waals surface area contributed by atoms with Gasteiger partial charge in [-0.15, -0.1) is 11.3 Å². The summed E-state index contributed by atoms with van der Waals surface area (Å²) in [6.07, 6.45) is 0. The van der Waals surface area contributed by atoms with Gasteiger partial charge >= 0.3 is 0 Å². The first kappa shape index (κ1) is 20.5. The van der Waals surface area contributed by atoms with Crippen molar-refractivity contribution in [2.75, 3.05) is 0 Å². The van der Waals surface area contributed by atoms with Crippen LogP contribution in [0.3, 0.4) is 0 Å². The molecule has 0 fully saturated rings. The van der Waals surface area contributed by atoms with Gasteiger partial charge < -0.3 is 4.74 Å². The van der Waals surface area contributed by atoms with E-state index in [-0.39, 0.29) is 22.9 Å². The topological polar surface area (TPSA) is 44.1 Å². The molecule has 2 aromatic carbocycles. The van der Waals surface area contributed by atoms with Crippen LogP contribution in [0.2, 0.25) is 5.02 Å². The van der Waals surface area contributed by atoms with Crippen LogP contribution in [0.25, 0.3) is 15.9 Å². The summed E-state index contributed by atoms with van der Waals surface area (Å²) in [6, 6.07) is 8.71. The van der Waals surface area contributed by atoms with E-state index in [0.717, 1.165) is 32.9 Å². The van der Waals surface area contributed by atoms with E-state index in [1.165, 1.54) is 10.6 Å². The van der Waals surface area contributed by atoms with Crippen LogP contribution in [-0.2, 0) is 6.61 Å². The molecule has 4 aromatic rings. The number of rotatable bonds is 4. The lowest BCUT2D eigenvalue weighted by Gasteiger charge is -2.16. The Bertz CT molecular complexity index is 1350. The number of hydrogen-bond acceptors (Lipinski definition) is 4. The second-order valence-corrected chi connectivity index (χ2v) is 8.58. The molecule has 4 rings (SSSR count). The lowest BCUT2D eigenvalue weighted by molar-refractivity contribution is 0.298. The van der Waals surface area contributed by atoms with Crippen LogP contribution in [0, 0.1) is 32.4 Å². The van der Waals surface area contributed by atoms with Crippen LogP contribution < -0.4 is 10.3 Å². The number of fused-ring (bicyclic) bond motifs is 1. The quantitative estimate of drug-likeness (QED) is 0.393. The van der Waals surface area contributed by atoms with Gasteiger partial charge in [0, 0.05) is 23.4 Å². The van der Waals surface area contributed by atoms with Gasteiger partial charge in [0.05, 0.1) is 20.9 Å². The molecule has 0 atom stereocenters. The third-order valence-corrected chi connectivity index (χ3v) is 6.03. The van der Waals surface area contributed by atoms with Gasteiger partial charge in [-0.1, -0.05) is 11.6 Å². The first-order valence-corrected chi connectivity index (χ1v) is 10.3. The molecule has 2 heterocycles. The SMILES string of the molecule is Cc1nc2cc(-n3c(C)cc(OCc4ccc(F)cc4F)c(Cl)c3=O)c(C)cc2s1. The predicted octanol–water partition coefficient (Wildman–Crippen LogP) is 5.88. The first-order valence-electron chi connectivity index (χ1n) is 9.11. The third-order valence-electron chi connectivity index (χ3n) is 4.75. The van der Waals surface area contributed by atoms with Crippen LogP contribution >= 0.6 is 22.9 Å². The van der Waals surface area contributed by atoms with Crippen LogP contribution in [0.15, 0.2) is 41.2 Å². The minimum atomic E-state index is -0.723. The molecule has 0 radical (unpaired) electrons. The smallest absolute Gasteiger partial charge is 0.277 e. The summed E-state index contributed by atoms with van der Waals surface area (Å²) in [5.41, 5.74) is 2.74. The Labute approximate surface area is 180 Å². The number of halogens is 3. The maximum absolute atomic E-state index is 13.8. The zero-order valence-electron chi connectivity index (χ0n) is 16.4. The number of nitrogens with zero attached hydrogens (tertiary/aromatic N) is 2. The molecular formula is C22H17ClF2N2O2S. The molecule has 2 aromatic heterocycles. The van der Waals surface area contributed by atoms with Crippen LogP contribution in [-0.4, -0.2) is 9.55 Å². The van der Waals surface area contributed by atoms with E-state index < -0.39 is 17.2 Å². The maximum atomic E-state index is 13.8. The van der Waals surface area contributed by atoms with Crippen molar-refractivity contribution in [2.45, 2.75) is 27.4 Å². The molecule has 0 aliphatic carbocycles. The summed E-state index contributed by atoms with van der Waals surface area (Å²) in [6.45, 7) is 5.44. The second-order valence-electron chi connectivity index (χ2n) is 6.97. The van der Waals surface area contributed by atoms with Crippen molar-refractivity contribution in [3.63, 3.8) is 0 Å². The Morgan fingerprint density at radius 3 is 2.63 bits per heavy atom. The van der Waals surface area contributed by atoms with Gasteiger partial charge in [0.2, 0.25) is 0 Å². The van der Waals surface area contributed by atoms with E-state index in [9.17, 15) is 13.6 Å². The minimum Gasteiger partial charge on any atom is -0.487 e. The summed E-state index contributed by atoms with van der Waals surface area (Å²) in [7, 11) is 0. The Kier molecular flexibility index (Phi) is 5.34. The molecule has 154 valence electrons. The zero-order chi connectivity index (χ0) is 21.6. The molecule has 0 amide bonds. The fourth-order valence-corrected chi connectivity index (χ4v) is 4.40. The normalized spacial score (nSPS) is 11.3. The van der Waals surface area contributed by atoms with Crippen molar-refractivity contribution in [1.29, 1.82) is 0 Å². The van der Waals surface area contributed by atoms with E-state index in [4.69, 9.17) is 16.3 Å². The second kappa shape index (κ2) is 7.81. The summed E-state index contributed by atoms with van der Waals surface area (Å²) >= 11 is 7.89. The highest BCUT2D eigenvalue weighted by Gasteiger charge is 2.17. The summed E-state index contributed by atoms with van der Waals surface area (Å²) < 4.78 is 35.1. The molecule has 0 N–H and O–H groups in total. The molecule has 0 saturated heterocycles. The summed E-state index contributed by atoms with van der Waals surface area (Å²) in [4.78, 5) is 17.5. The van der Waals surface area contributed by atoms with Gasteiger partial charge in [-0.3, -0.25) is 9.36 Å². The van der Waals surface area contributed by atoms with Gasteiger partial charge in [-0.05, 0) is 50.6 Å². The Morgan fingerprint density at radius 1 is 1.13 bits per heavy atom. The summed E-state index contributed by atoms with van der Waals surface area (Å²) in [5, 5.41) is 0.831. The molecule has 4 nitrogen and oxygen atoms in total. The van der Waals surface area contributed by atoms with E-state index in [1.54, 1.807) is 24.3 Å². The predicted molar refractivity (Wildman–Crippen MR) is 115 cm³/mol. The zero-order valence-corrected chi connectivity index (χ0v) is 18.0. The third kappa shape index (κ3) is 3.70. The average Bonchev–Trinajstić information content (AvgIpc) is 3.03. The molecule has 30 heavy (non-hydrogen) atoms. The Hall–Kier alpha value is -2.77. The van der Waals surface area contributed by atoms with Gasteiger partial charge in [-0.25, -0.2) is 13.8 Å². The van der Waals surface area contributed by atoms with Crippen molar-refractivity contribution in [3.05, 3.63) is 85.2 Å². The van der Waals surface area contributed by atoms with Crippen LogP contribution in [0.5, 0.6) is 5.75 Å². The molecule has 0 bridgehead atoms. The lowest BCUT2D eigenvalue weighted by Crippen LogP contribution is -2.22. The average molecular weight is 447 g/mol. The lowest BCUT2D eigenvalue weighted by atomic mass is 10.1. The fourth-order valence-electron chi connectivity index (χ4n) is 3.30. The van der Waals surface area contributed by atoms with Gasteiger partial charge in [-0.2, -0.15) is 0 Å². The molecule has 0 unspecified atom stereocenters. The number of hydrogen-bond donors (Lipinski definition) is 0. The molecular weight excluding hydrogens is 430 g/mol. The van der Waals surface area contributed by atoms with Crippen molar-refractivity contribution in [3.8, 4) is 11.4 Å². The van der Waals surface area contributed by atoms with Gasteiger partial charge in [0.25, 0.3) is 5.56 Å². The number of thiazole rings is 1. The molecule has 0 aliphatic rings. The van der Waals surface area contributed by atoms with Crippen LogP contribution in [0.4, 0.5) is 8.78 Å². The minimum absolute atomic E-state index is 0.114. The van der Waals surface area contributed by atoms with Crippen molar-refractivity contribution in [2.24, 2.45) is 0 Å². The Morgan fingerprint density at radius 2 is 1.90 bits per heavy atom. The number of benzene rings is 2. The van der Waals surface area contributed by atoms with Crippen LogP contribution in [0.1, 0.15) is 21.8 Å². The van der Waals surface area contributed by atoms with E-state index in [0.29, 0.717) is 11.4 Å². The fraction of sp³-hybridized carbons (Fsp3) is 0.182. The standard InChI is InChI=1S/C22H17ClF2N2O2S/c1-11-6-20-17(26-13(3)30-20)9-18(11)27-12(2)7-19(21(23)22(27)28)29-10-14-4-5-15(24)8-16(14)25/h4-9H,10H2,1-3H3. The monoisotopic (exact) mass is 446 g/mol. The molecule has 8 heteroatoms. The number of aryl methyl sites for hydroxylation is 3. The highest BCUT2D eigenvalue weighted by molar-refractivity contribution is 7.18. The highest BCUT2D eigenvalue weighted by Crippen LogP contribution is 2.29. The molecule has 0 saturated carbocycles. The first-order chi connectivity index (χ1) is 14.2. The van der Waals surface area contributed by atoms with Gasteiger partial charge in [0.1, 0.15) is 29.0 Å². The van der Waals surface area contributed by atoms with E-state index >= 15 is 0 Å². The van der Waals surface area contributed by atoms with Crippen molar-refractivity contribution >= 4 is 33.2 Å². The largest absolute Gasteiger partial charge is 0.487 e. The number of pyridine rings is 1. The maximum Gasteiger partial charge on any atom is 0.277 e. The number of aromatic nitrogens is 2. The highest BCUT2D eigenvalue weighted by atomic mass is 35.5. The van der Waals surface area contributed by atoms with E-state index in [2.05, 4.69) is 4.98 Å². The van der Waals surface area contributed by atoms with Gasteiger partial charge in [0.15, 0.2) is 0 Å².